The van der Waals surface area contributed by atoms with Gasteiger partial charge in [-0.25, -0.2) is 0 Å². The monoisotopic (exact) mass is 248 g/mol. The first-order valence-electron chi connectivity index (χ1n) is 6.69. The minimum absolute atomic E-state index is 0.127. The molecule has 5 heteroatoms. The van der Waals surface area contributed by atoms with Crippen molar-refractivity contribution in [3.63, 3.8) is 0 Å². The molecule has 2 aliphatic rings. The second-order valence-electron chi connectivity index (χ2n) is 5.35. The largest absolute Gasteiger partial charge is 0.335 e. The number of piperazine rings is 1. The summed E-state index contributed by atoms with van der Waals surface area (Å²) in [6.45, 7) is 3.56. The van der Waals surface area contributed by atoms with E-state index in [4.69, 9.17) is 0 Å². The molecular formula is C13H20N4O. The highest BCUT2D eigenvalue weighted by Crippen LogP contribution is 2.25. The maximum atomic E-state index is 12.5. The van der Waals surface area contributed by atoms with Crippen molar-refractivity contribution < 1.29 is 4.79 Å². The number of likely N-dealkylation sites (N-methyl/N-ethyl adjacent to an activating group) is 1. The number of hydrogen-bond acceptors (Lipinski definition) is 3. The predicted molar refractivity (Wildman–Crippen MR) is 68.6 cm³/mol. The van der Waals surface area contributed by atoms with Gasteiger partial charge in [0.05, 0.1) is 0 Å². The highest BCUT2D eigenvalue weighted by atomic mass is 16.2. The smallest absolute Gasteiger partial charge is 0.274 e. The lowest BCUT2D eigenvalue weighted by Crippen LogP contribution is -2.47. The van der Waals surface area contributed by atoms with Gasteiger partial charge in [0.1, 0.15) is 0 Å². The molecule has 0 spiro atoms. The number of nitrogens with zero attached hydrogens (tertiary/aromatic N) is 4. The van der Waals surface area contributed by atoms with Crippen molar-refractivity contribution in [1.82, 2.24) is 19.6 Å². The van der Waals surface area contributed by atoms with E-state index in [-0.39, 0.29) is 5.91 Å². The van der Waals surface area contributed by atoms with Crippen LogP contribution in [0.25, 0.3) is 0 Å². The van der Waals surface area contributed by atoms with Gasteiger partial charge in [-0.1, -0.05) is 0 Å². The first-order valence-corrected chi connectivity index (χ1v) is 6.69. The van der Waals surface area contributed by atoms with Crippen LogP contribution in [0.2, 0.25) is 0 Å². The van der Waals surface area contributed by atoms with Gasteiger partial charge in [-0.3, -0.25) is 9.48 Å². The third-order valence-corrected chi connectivity index (χ3v) is 4.11. The molecule has 18 heavy (non-hydrogen) atoms. The molecule has 0 saturated carbocycles. The van der Waals surface area contributed by atoms with Gasteiger partial charge in [-0.2, -0.15) is 5.10 Å². The number of fused-ring (bicyclic) bond motifs is 1. The van der Waals surface area contributed by atoms with E-state index in [2.05, 4.69) is 17.0 Å². The van der Waals surface area contributed by atoms with E-state index in [0.29, 0.717) is 5.69 Å². The normalized spacial score (nSPS) is 20.2. The van der Waals surface area contributed by atoms with E-state index in [9.17, 15) is 4.79 Å². The van der Waals surface area contributed by atoms with Gasteiger partial charge in [-0.05, 0) is 26.3 Å². The summed E-state index contributed by atoms with van der Waals surface area (Å²) in [5, 5.41) is 4.44. The summed E-state index contributed by atoms with van der Waals surface area (Å²) in [5.41, 5.74) is 3.16. The van der Waals surface area contributed by atoms with Crippen LogP contribution in [0.1, 0.15) is 28.2 Å². The van der Waals surface area contributed by atoms with Crippen molar-refractivity contribution in [1.29, 1.82) is 0 Å². The summed E-state index contributed by atoms with van der Waals surface area (Å²) >= 11 is 0. The molecule has 0 bridgehead atoms. The minimum Gasteiger partial charge on any atom is -0.335 e. The molecule has 3 rings (SSSR count). The minimum atomic E-state index is 0.127. The molecule has 98 valence electrons. The molecule has 2 heterocycles. The molecule has 1 amide bonds. The Morgan fingerprint density at radius 2 is 1.83 bits per heavy atom. The molecule has 1 fully saturated rings. The maximum absolute atomic E-state index is 12.5. The molecule has 0 atom stereocenters. The van der Waals surface area contributed by atoms with Crippen molar-refractivity contribution >= 4 is 5.91 Å². The first kappa shape index (κ1) is 11.7. The van der Waals surface area contributed by atoms with E-state index in [1.165, 1.54) is 11.3 Å². The molecule has 1 saturated heterocycles. The zero-order chi connectivity index (χ0) is 12.7. The summed E-state index contributed by atoms with van der Waals surface area (Å²) in [4.78, 5) is 16.7. The third kappa shape index (κ3) is 1.82. The Morgan fingerprint density at radius 3 is 2.56 bits per heavy atom. The summed E-state index contributed by atoms with van der Waals surface area (Å²) in [6.07, 6.45) is 3.23. The van der Waals surface area contributed by atoms with Gasteiger partial charge in [0, 0.05) is 44.5 Å². The lowest BCUT2D eigenvalue weighted by molar-refractivity contribution is 0.0656. The highest BCUT2D eigenvalue weighted by molar-refractivity contribution is 5.94. The molecule has 0 unspecified atom stereocenters. The van der Waals surface area contributed by atoms with Gasteiger partial charge in [-0.15, -0.1) is 0 Å². The van der Waals surface area contributed by atoms with E-state index in [1.54, 1.807) is 0 Å². The van der Waals surface area contributed by atoms with Gasteiger partial charge in [0.2, 0.25) is 0 Å². The van der Waals surface area contributed by atoms with Crippen LogP contribution in [0.5, 0.6) is 0 Å². The Labute approximate surface area is 107 Å². The zero-order valence-corrected chi connectivity index (χ0v) is 11.1. The first-order chi connectivity index (χ1) is 8.66. The quantitative estimate of drug-likeness (QED) is 0.717. The second-order valence-corrected chi connectivity index (χ2v) is 5.35. The Balaban J connectivity index is 1.83. The van der Waals surface area contributed by atoms with E-state index >= 15 is 0 Å². The number of rotatable bonds is 1. The number of amides is 1. The van der Waals surface area contributed by atoms with E-state index < -0.39 is 0 Å². The summed E-state index contributed by atoms with van der Waals surface area (Å²) in [5.74, 6) is 0.127. The summed E-state index contributed by atoms with van der Waals surface area (Å²) < 4.78 is 1.89. The molecule has 5 nitrogen and oxygen atoms in total. The van der Waals surface area contributed by atoms with E-state index in [1.807, 2.05) is 16.6 Å². The van der Waals surface area contributed by atoms with Gasteiger partial charge < -0.3 is 9.80 Å². The van der Waals surface area contributed by atoms with Crippen molar-refractivity contribution in [2.24, 2.45) is 7.05 Å². The second kappa shape index (κ2) is 4.39. The molecule has 1 aromatic rings. The molecule has 0 aromatic carbocycles. The van der Waals surface area contributed by atoms with Gasteiger partial charge >= 0.3 is 0 Å². The zero-order valence-electron chi connectivity index (χ0n) is 11.1. The standard InChI is InChI=1S/C13H20N4O/c1-15-6-8-17(9-7-15)13(18)12-10-4-3-5-11(10)16(2)14-12/h3-9H2,1-2H3. The number of aryl methyl sites for hydroxylation is 1. The highest BCUT2D eigenvalue weighted by Gasteiger charge is 2.29. The molecule has 0 radical (unpaired) electrons. The lowest BCUT2D eigenvalue weighted by atomic mass is 10.1. The Kier molecular flexibility index (Phi) is 2.86. The van der Waals surface area contributed by atoms with Crippen LogP contribution >= 0.6 is 0 Å². The Hall–Kier alpha value is -1.36. The van der Waals surface area contributed by atoms with Crippen LogP contribution in [0.3, 0.4) is 0 Å². The third-order valence-electron chi connectivity index (χ3n) is 4.11. The topological polar surface area (TPSA) is 41.4 Å². The molecule has 1 aliphatic carbocycles. The van der Waals surface area contributed by atoms with Crippen LogP contribution in [0.15, 0.2) is 0 Å². The molecule has 0 N–H and O–H groups in total. The number of aromatic nitrogens is 2. The average molecular weight is 248 g/mol. The lowest BCUT2D eigenvalue weighted by Gasteiger charge is -2.32. The Morgan fingerprint density at radius 1 is 1.11 bits per heavy atom. The fourth-order valence-electron chi connectivity index (χ4n) is 2.94. The van der Waals surface area contributed by atoms with Crippen molar-refractivity contribution in [3.8, 4) is 0 Å². The predicted octanol–water partition coefficient (Wildman–Crippen LogP) is 0.296. The molecule has 1 aliphatic heterocycles. The van der Waals surface area contributed by atoms with Crippen molar-refractivity contribution in [2.75, 3.05) is 33.2 Å². The van der Waals surface area contributed by atoms with Crippen LogP contribution < -0.4 is 0 Å². The number of carbonyl (C=O) groups is 1. The van der Waals surface area contributed by atoms with Crippen LogP contribution in [0, 0.1) is 0 Å². The molecule has 1 aromatic heterocycles. The maximum Gasteiger partial charge on any atom is 0.274 e. The van der Waals surface area contributed by atoms with Crippen LogP contribution in [-0.2, 0) is 19.9 Å². The Bertz CT molecular complexity index is 472. The number of hydrogen-bond donors (Lipinski definition) is 0. The van der Waals surface area contributed by atoms with Crippen molar-refractivity contribution in [2.45, 2.75) is 19.3 Å². The average Bonchev–Trinajstić information content (AvgIpc) is 2.94. The van der Waals surface area contributed by atoms with Gasteiger partial charge in [0.15, 0.2) is 5.69 Å². The van der Waals surface area contributed by atoms with Crippen LogP contribution in [-0.4, -0.2) is 58.7 Å². The summed E-state index contributed by atoms with van der Waals surface area (Å²) in [7, 11) is 4.05. The molecular weight excluding hydrogens is 228 g/mol. The number of carbonyl (C=O) groups excluding carboxylic acids is 1. The van der Waals surface area contributed by atoms with Crippen molar-refractivity contribution in [3.05, 3.63) is 17.0 Å². The van der Waals surface area contributed by atoms with Crippen LogP contribution in [0.4, 0.5) is 0 Å². The summed E-state index contributed by atoms with van der Waals surface area (Å²) in [6, 6.07) is 0. The van der Waals surface area contributed by atoms with E-state index in [0.717, 1.165) is 45.4 Å². The SMILES string of the molecule is CN1CCN(C(=O)c2nn(C)c3c2CCC3)CC1. The fourth-order valence-corrected chi connectivity index (χ4v) is 2.94. The van der Waals surface area contributed by atoms with Gasteiger partial charge in [0.25, 0.3) is 5.91 Å². The fraction of sp³-hybridized carbons (Fsp3) is 0.692.